The first-order valence-corrected chi connectivity index (χ1v) is 13.5. The fourth-order valence-corrected chi connectivity index (χ4v) is 6.20. The Balaban J connectivity index is 1.04. The van der Waals surface area contributed by atoms with Gasteiger partial charge in [-0.25, -0.2) is 0 Å². The van der Waals surface area contributed by atoms with Gasteiger partial charge in [0.15, 0.2) is 0 Å². The third-order valence-electron chi connectivity index (χ3n) is 8.24. The van der Waals surface area contributed by atoms with E-state index in [1.165, 1.54) is 17.3 Å². The van der Waals surface area contributed by atoms with Gasteiger partial charge >= 0.3 is 6.18 Å². The Morgan fingerprint density at radius 1 is 1.05 bits per heavy atom. The van der Waals surface area contributed by atoms with Crippen molar-refractivity contribution in [3.8, 4) is 0 Å². The molecular formula is C28H34F3N5O3. The van der Waals surface area contributed by atoms with Crippen LogP contribution in [-0.2, 0) is 11.0 Å². The first-order valence-electron chi connectivity index (χ1n) is 13.5. The molecule has 8 nitrogen and oxygen atoms in total. The van der Waals surface area contributed by atoms with E-state index in [1.807, 2.05) is 0 Å². The molecule has 1 amide bonds. The van der Waals surface area contributed by atoms with Gasteiger partial charge in [-0.3, -0.25) is 14.9 Å². The summed E-state index contributed by atoms with van der Waals surface area (Å²) in [4.78, 5) is 29.4. The maximum atomic E-state index is 13.3. The van der Waals surface area contributed by atoms with Crippen molar-refractivity contribution in [3.63, 3.8) is 0 Å². The van der Waals surface area contributed by atoms with E-state index in [0.717, 1.165) is 51.3 Å². The molecule has 3 atom stereocenters. The van der Waals surface area contributed by atoms with Crippen molar-refractivity contribution in [1.29, 1.82) is 0 Å². The zero-order chi connectivity index (χ0) is 27.7. The zero-order valence-corrected chi connectivity index (χ0v) is 22.0. The monoisotopic (exact) mass is 545 g/mol. The van der Waals surface area contributed by atoms with E-state index in [9.17, 15) is 28.1 Å². The largest absolute Gasteiger partial charge is 0.423 e. The topological polar surface area (TPSA) is 82.0 Å². The number of fused-ring (bicyclic) bond motifs is 1. The number of hydrogen-bond donors (Lipinski definition) is 1. The zero-order valence-electron chi connectivity index (χ0n) is 22.0. The third-order valence-corrected chi connectivity index (χ3v) is 8.24. The van der Waals surface area contributed by atoms with Crippen LogP contribution in [0, 0.1) is 28.9 Å². The Morgan fingerprint density at radius 2 is 1.74 bits per heavy atom. The predicted octanol–water partition coefficient (Wildman–Crippen LogP) is 4.78. The second-order valence-electron chi connectivity index (χ2n) is 11.1. The molecule has 2 unspecified atom stereocenters. The van der Waals surface area contributed by atoms with Crippen LogP contribution in [0.2, 0.25) is 0 Å². The average molecular weight is 546 g/mol. The molecule has 2 aromatic carbocycles. The molecule has 3 aliphatic rings. The number of likely N-dealkylation sites (tertiary alicyclic amines) is 2. The van der Waals surface area contributed by atoms with Crippen molar-refractivity contribution in [1.82, 2.24) is 9.80 Å². The molecule has 0 aromatic heterocycles. The van der Waals surface area contributed by atoms with Crippen molar-refractivity contribution in [2.45, 2.75) is 38.4 Å². The highest BCUT2D eigenvalue weighted by Gasteiger charge is 2.40. The van der Waals surface area contributed by atoms with Crippen molar-refractivity contribution in [2.24, 2.45) is 11.8 Å². The minimum atomic E-state index is -4.83. The number of carbonyl (C=O) groups excluding carboxylic acids is 1. The minimum absolute atomic E-state index is 0.0592. The molecule has 5 rings (SSSR count). The van der Waals surface area contributed by atoms with Crippen LogP contribution in [0.3, 0.4) is 0 Å². The number of nitrogens with one attached hydrogen (secondary N) is 1. The highest BCUT2D eigenvalue weighted by molar-refractivity contribution is 5.76. The van der Waals surface area contributed by atoms with E-state index >= 15 is 0 Å². The maximum absolute atomic E-state index is 13.3. The van der Waals surface area contributed by atoms with Crippen LogP contribution in [0.25, 0.3) is 0 Å². The highest BCUT2D eigenvalue weighted by atomic mass is 19.4. The first-order chi connectivity index (χ1) is 18.6. The lowest BCUT2D eigenvalue weighted by Gasteiger charge is -2.23. The Labute approximate surface area is 225 Å². The number of benzene rings is 2. The van der Waals surface area contributed by atoms with Crippen molar-refractivity contribution in [3.05, 3.63) is 63.7 Å². The summed E-state index contributed by atoms with van der Waals surface area (Å²) in [7, 11) is 0. The van der Waals surface area contributed by atoms with Gasteiger partial charge in [-0.1, -0.05) is 17.7 Å². The van der Waals surface area contributed by atoms with Gasteiger partial charge in [0.1, 0.15) is 5.56 Å². The smallest absolute Gasteiger partial charge is 0.380 e. The molecule has 0 bridgehead atoms. The molecule has 0 spiro atoms. The van der Waals surface area contributed by atoms with Gasteiger partial charge in [-0.15, -0.1) is 0 Å². The van der Waals surface area contributed by atoms with Gasteiger partial charge in [0.2, 0.25) is 5.91 Å². The lowest BCUT2D eigenvalue weighted by Crippen LogP contribution is -2.33. The standard InChI is InChI=1S/C28H34F3N5O3/c1-19-4-7-24(8-5-19)35-16-20-14-33(15-21(20)17-35)11-2-3-27(37)34-12-10-23(18-34)32-22-6-9-26(36(38)39)25(13-22)28(29,30)31/h4-9,13,20-21,23,32H,2-3,10-12,14-18H2,1H3/t20?,21?,23-/m0/s1. The molecule has 0 radical (unpaired) electrons. The maximum Gasteiger partial charge on any atom is 0.423 e. The van der Waals surface area contributed by atoms with Gasteiger partial charge < -0.3 is 20.0 Å². The molecule has 210 valence electrons. The average Bonchev–Trinajstić information content (AvgIpc) is 3.59. The van der Waals surface area contributed by atoms with E-state index < -0.39 is 22.4 Å². The van der Waals surface area contributed by atoms with Crippen LogP contribution in [0.1, 0.15) is 30.4 Å². The lowest BCUT2D eigenvalue weighted by molar-refractivity contribution is -0.388. The summed E-state index contributed by atoms with van der Waals surface area (Å²) < 4.78 is 39.8. The summed E-state index contributed by atoms with van der Waals surface area (Å²) in [5.41, 5.74) is 0.468. The van der Waals surface area contributed by atoms with E-state index in [-0.39, 0.29) is 17.6 Å². The number of anilines is 2. The minimum Gasteiger partial charge on any atom is -0.380 e. The molecule has 3 heterocycles. The molecule has 3 aliphatic heterocycles. The SMILES string of the molecule is Cc1ccc(N2CC3CN(CCCC(=O)N4CC[C@H](Nc5ccc([N+](=O)[O-])c(C(F)(F)F)c5)C4)CC3C2)cc1. The Morgan fingerprint density at radius 3 is 2.38 bits per heavy atom. The number of amides is 1. The third kappa shape index (κ3) is 6.29. The van der Waals surface area contributed by atoms with Gasteiger partial charge in [-0.2, -0.15) is 13.2 Å². The number of alkyl halides is 3. The second-order valence-corrected chi connectivity index (χ2v) is 11.1. The number of halogens is 3. The first kappa shape index (κ1) is 27.2. The predicted molar refractivity (Wildman–Crippen MR) is 143 cm³/mol. The molecule has 3 fully saturated rings. The van der Waals surface area contributed by atoms with Gasteiger partial charge in [0.25, 0.3) is 5.69 Å². The lowest BCUT2D eigenvalue weighted by atomic mass is 10.0. The van der Waals surface area contributed by atoms with Crippen LogP contribution in [0.5, 0.6) is 0 Å². The molecular weight excluding hydrogens is 511 g/mol. The molecule has 2 aromatic rings. The van der Waals surface area contributed by atoms with Gasteiger partial charge in [0.05, 0.1) is 4.92 Å². The normalized spacial score (nSPS) is 23.3. The Hall–Kier alpha value is -3.34. The number of nitro groups is 1. The van der Waals surface area contributed by atoms with Crippen LogP contribution >= 0.6 is 0 Å². The summed E-state index contributed by atoms with van der Waals surface area (Å²) >= 11 is 0. The molecule has 11 heteroatoms. The molecule has 39 heavy (non-hydrogen) atoms. The van der Waals surface area contributed by atoms with E-state index in [0.29, 0.717) is 37.8 Å². The van der Waals surface area contributed by atoms with Crippen LogP contribution in [0.15, 0.2) is 42.5 Å². The van der Waals surface area contributed by atoms with Gasteiger partial charge in [-0.05, 0) is 62.4 Å². The van der Waals surface area contributed by atoms with Crippen LogP contribution in [-0.4, -0.2) is 72.5 Å². The van der Waals surface area contributed by atoms with E-state index in [1.54, 1.807) is 4.90 Å². The van der Waals surface area contributed by atoms with E-state index in [4.69, 9.17) is 0 Å². The number of rotatable bonds is 8. The van der Waals surface area contributed by atoms with Crippen molar-refractivity contribution in [2.75, 3.05) is 56.0 Å². The molecule has 3 saturated heterocycles. The van der Waals surface area contributed by atoms with E-state index in [2.05, 4.69) is 46.3 Å². The van der Waals surface area contributed by atoms with Gasteiger partial charge in [0, 0.05) is 69.2 Å². The van der Waals surface area contributed by atoms with Crippen LogP contribution in [0.4, 0.5) is 30.2 Å². The summed E-state index contributed by atoms with van der Waals surface area (Å²) in [6.45, 7) is 8.20. The Kier molecular flexibility index (Phi) is 7.70. The fraction of sp³-hybridized carbons (Fsp3) is 0.536. The summed E-state index contributed by atoms with van der Waals surface area (Å²) in [6, 6.07) is 11.4. The molecule has 0 aliphatic carbocycles. The number of nitro benzene ring substituents is 1. The van der Waals surface area contributed by atoms with Crippen molar-refractivity contribution < 1.29 is 22.9 Å². The number of aryl methyl sites for hydroxylation is 1. The number of carbonyl (C=O) groups is 1. The number of nitrogens with zero attached hydrogens (tertiary/aromatic N) is 4. The quantitative estimate of drug-likeness (QED) is 0.380. The van der Waals surface area contributed by atoms with Crippen LogP contribution < -0.4 is 10.2 Å². The summed E-state index contributed by atoms with van der Waals surface area (Å²) in [5, 5.41) is 14.0. The summed E-state index contributed by atoms with van der Waals surface area (Å²) in [6.07, 6.45) is -2.99. The Bertz CT molecular complexity index is 1190. The summed E-state index contributed by atoms with van der Waals surface area (Å²) in [5.74, 6) is 1.37. The molecule has 1 N–H and O–H groups in total. The molecule has 0 saturated carbocycles. The highest BCUT2D eigenvalue weighted by Crippen LogP contribution is 2.38. The number of hydrogen-bond acceptors (Lipinski definition) is 6. The fourth-order valence-electron chi connectivity index (χ4n) is 6.20. The van der Waals surface area contributed by atoms with Crippen molar-refractivity contribution >= 4 is 23.0 Å². The second kappa shape index (κ2) is 11.0.